The summed E-state index contributed by atoms with van der Waals surface area (Å²) in [5, 5.41) is 0. The fourth-order valence-corrected chi connectivity index (χ4v) is 0.0913. The van der Waals surface area contributed by atoms with Gasteiger partial charge in [-0.05, 0) is 0 Å². The van der Waals surface area contributed by atoms with Crippen LogP contribution in [0, 0.1) is 0 Å². The van der Waals surface area contributed by atoms with Crippen molar-refractivity contribution in [3.05, 3.63) is 0 Å². The van der Waals surface area contributed by atoms with Crippen molar-refractivity contribution < 1.29 is 1.37 Å². The summed E-state index contributed by atoms with van der Waals surface area (Å²) in [5.74, 6) is 0. The average Bonchev–Trinajstić information content (AvgIpc) is 1.87. The molecule has 1 radical (unpaired) electrons. The summed E-state index contributed by atoms with van der Waals surface area (Å²) in [6, 6.07) is 0. The molecule has 0 fully saturated rings. The monoisotopic (exact) mass is 209 g/mol. The SMILES string of the molecule is [2H]CC(I)(CC)N=[B]. The summed E-state index contributed by atoms with van der Waals surface area (Å²) in [4.78, 5) is 3.56. The van der Waals surface area contributed by atoms with E-state index < -0.39 is 0 Å². The molecule has 1 unspecified atom stereocenters. The third-order valence-electron chi connectivity index (χ3n) is 0.773. The molecule has 0 aliphatic carbocycles. The van der Waals surface area contributed by atoms with Crippen LogP contribution >= 0.6 is 22.6 Å². The first kappa shape index (κ1) is 5.73. The number of hydrogen-bond donors (Lipinski definition) is 0. The van der Waals surface area contributed by atoms with Crippen molar-refractivity contribution in [1.29, 1.82) is 0 Å². The molecule has 0 aromatic carbocycles. The molecule has 0 bridgehead atoms. The molecular formula is C4H8BIN. The van der Waals surface area contributed by atoms with E-state index in [2.05, 4.69) is 27.5 Å². The fourth-order valence-electron chi connectivity index (χ4n) is 0.0913. The minimum absolute atomic E-state index is 0.264. The normalized spacial score (nSPS) is 19.9. The van der Waals surface area contributed by atoms with Crippen molar-refractivity contribution in [2.45, 2.75) is 23.8 Å². The van der Waals surface area contributed by atoms with Gasteiger partial charge in [0.1, 0.15) is 0 Å². The number of rotatable bonds is 2. The Kier molecular flexibility index (Phi) is 2.29. The van der Waals surface area contributed by atoms with Crippen LogP contribution in [-0.4, -0.2) is 11.2 Å². The van der Waals surface area contributed by atoms with E-state index in [9.17, 15) is 0 Å². The van der Waals surface area contributed by atoms with Crippen molar-refractivity contribution in [1.82, 2.24) is 0 Å². The molecule has 0 spiro atoms. The number of nitrogens with zero attached hydrogens (tertiary/aromatic N) is 1. The van der Waals surface area contributed by atoms with E-state index in [1.165, 1.54) is 0 Å². The average molecular weight is 209 g/mol. The quantitative estimate of drug-likeness (QED) is 0.285. The van der Waals surface area contributed by atoms with Crippen molar-refractivity contribution in [3.63, 3.8) is 0 Å². The molecule has 0 aromatic rings. The Labute approximate surface area is 60.6 Å². The molecule has 7 heavy (non-hydrogen) atoms. The second kappa shape index (κ2) is 2.79. The van der Waals surface area contributed by atoms with Gasteiger partial charge in [-0.3, -0.25) is 0 Å². The molecule has 0 heterocycles. The second-order valence-electron chi connectivity index (χ2n) is 1.40. The predicted molar refractivity (Wildman–Crippen MR) is 40.9 cm³/mol. The number of hydrogen-bond acceptors (Lipinski definition) is 1. The zero-order valence-electron chi connectivity index (χ0n) is 5.32. The van der Waals surface area contributed by atoms with E-state index in [0.717, 1.165) is 6.42 Å². The molecule has 1 atom stereocenters. The molecule has 0 aromatic heterocycles. The number of alkyl halides is 1. The summed E-state index contributed by atoms with van der Waals surface area (Å²) in [6.07, 6.45) is 0.827. The molecule has 0 saturated heterocycles. The summed E-state index contributed by atoms with van der Waals surface area (Å²) in [5.41, 5.74) is 0. The molecule has 39 valence electrons. The Balaban J connectivity index is 3.76. The molecule has 0 N–H and O–H groups in total. The van der Waals surface area contributed by atoms with Crippen LogP contribution in [0.25, 0.3) is 0 Å². The van der Waals surface area contributed by atoms with Crippen LogP contribution in [0.2, 0.25) is 0 Å². The van der Waals surface area contributed by atoms with Crippen LogP contribution in [0.15, 0.2) is 4.90 Å². The van der Waals surface area contributed by atoms with E-state index in [-0.39, 0.29) is 10.4 Å². The third-order valence-corrected chi connectivity index (χ3v) is 1.81. The molecule has 0 aliphatic rings. The summed E-state index contributed by atoms with van der Waals surface area (Å²) in [7, 11) is 5.03. The van der Waals surface area contributed by atoms with Crippen molar-refractivity contribution >= 4 is 30.2 Å². The van der Waals surface area contributed by atoms with E-state index >= 15 is 0 Å². The molecular weight excluding hydrogens is 200 g/mol. The van der Waals surface area contributed by atoms with Crippen molar-refractivity contribution in [2.75, 3.05) is 0 Å². The van der Waals surface area contributed by atoms with E-state index in [4.69, 9.17) is 9.01 Å². The van der Waals surface area contributed by atoms with Crippen LogP contribution < -0.4 is 0 Å². The fraction of sp³-hybridized carbons (Fsp3) is 1.00. The van der Waals surface area contributed by atoms with Gasteiger partial charge in [0.15, 0.2) is 0 Å². The summed E-state index contributed by atoms with van der Waals surface area (Å²) < 4.78 is 6.64. The van der Waals surface area contributed by atoms with Gasteiger partial charge in [0.25, 0.3) is 0 Å². The van der Waals surface area contributed by atoms with Gasteiger partial charge in [-0.15, -0.1) is 0 Å². The standard InChI is InChI=1S/C4H8BIN/c1-3-4(2,6)7-5/h3H2,1-2H3/i2D. The minimum atomic E-state index is -0.336. The summed E-state index contributed by atoms with van der Waals surface area (Å²) >= 11 is 2.09. The number of halogens is 1. The first-order valence-corrected chi connectivity index (χ1v) is 3.16. The van der Waals surface area contributed by atoms with Gasteiger partial charge < -0.3 is 0 Å². The molecule has 0 amide bonds. The zero-order valence-corrected chi connectivity index (χ0v) is 6.47. The van der Waals surface area contributed by atoms with Crippen molar-refractivity contribution in [3.8, 4) is 0 Å². The zero-order chi connectivity index (χ0) is 6.62. The second-order valence-corrected chi connectivity index (χ2v) is 3.41. The third kappa shape index (κ3) is 3.20. The Morgan fingerprint density at radius 1 is 2.14 bits per heavy atom. The Morgan fingerprint density at radius 2 is 2.71 bits per heavy atom. The van der Waals surface area contributed by atoms with Gasteiger partial charge >= 0.3 is 60.3 Å². The van der Waals surface area contributed by atoms with Gasteiger partial charge in [0.05, 0.1) is 0 Å². The summed E-state index contributed by atoms with van der Waals surface area (Å²) in [6.45, 7) is 2.23. The Hall–Kier alpha value is 0.595. The molecule has 0 saturated carbocycles. The van der Waals surface area contributed by atoms with Gasteiger partial charge in [-0.25, -0.2) is 0 Å². The first-order chi connectivity index (χ1) is 3.68. The maximum atomic E-state index is 6.98. The van der Waals surface area contributed by atoms with Gasteiger partial charge in [-0.2, -0.15) is 0 Å². The van der Waals surface area contributed by atoms with Gasteiger partial charge in [0.2, 0.25) is 0 Å². The van der Waals surface area contributed by atoms with E-state index in [0.29, 0.717) is 0 Å². The van der Waals surface area contributed by atoms with Crippen LogP contribution in [0.4, 0.5) is 0 Å². The Morgan fingerprint density at radius 3 is 2.71 bits per heavy atom. The van der Waals surface area contributed by atoms with E-state index in [1.54, 1.807) is 0 Å². The van der Waals surface area contributed by atoms with Gasteiger partial charge in [-0.1, -0.05) is 0 Å². The molecule has 1 nitrogen and oxygen atoms in total. The molecule has 0 aliphatic heterocycles. The first-order valence-electron chi connectivity index (χ1n) is 2.79. The topological polar surface area (TPSA) is 12.4 Å². The maximum absolute atomic E-state index is 6.98. The Bertz CT molecular complexity index is 84.1. The van der Waals surface area contributed by atoms with E-state index in [1.807, 2.05) is 6.92 Å². The van der Waals surface area contributed by atoms with Crippen LogP contribution in [0.5, 0.6) is 0 Å². The van der Waals surface area contributed by atoms with Gasteiger partial charge in [0, 0.05) is 0 Å². The van der Waals surface area contributed by atoms with Crippen molar-refractivity contribution in [2.24, 2.45) is 4.90 Å². The van der Waals surface area contributed by atoms with Crippen LogP contribution in [-0.2, 0) is 0 Å². The molecule has 3 heteroatoms. The molecule has 0 rings (SSSR count). The predicted octanol–water partition coefficient (Wildman–Crippen LogP) is 1.90. The van der Waals surface area contributed by atoms with Crippen LogP contribution in [0.1, 0.15) is 21.6 Å². The van der Waals surface area contributed by atoms with Crippen LogP contribution in [0.3, 0.4) is 0 Å².